The van der Waals surface area contributed by atoms with Gasteiger partial charge in [0.2, 0.25) is 0 Å². The number of hydrogen-bond donors (Lipinski definition) is 2. The van der Waals surface area contributed by atoms with E-state index in [0.29, 0.717) is 11.6 Å². The lowest BCUT2D eigenvalue weighted by Gasteiger charge is -2.21. The third kappa shape index (κ3) is 4.41. The summed E-state index contributed by atoms with van der Waals surface area (Å²) in [6.07, 6.45) is 0.676. The van der Waals surface area contributed by atoms with Crippen LogP contribution in [0.5, 0.6) is 0 Å². The minimum Gasteiger partial charge on any atom is -0.451 e. The summed E-state index contributed by atoms with van der Waals surface area (Å²) in [5, 5.41) is 5.35. The van der Waals surface area contributed by atoms with Crippen LogP contribution in [0.25, 0.3) is 0 Å². The van der Waals surface area contributed by atoms with Crippen LogP contribution in [0.2, 0.25) is 0 Å². The molecular weight excluding hydrogens is 374 g/mol. The van der Waals surface area contributed by atoms with E-state index in [1.54, 1.807) is 19.1 Å². The van der Waals surface area contributed by atoms with Gasteiger partial charge in [0.1, 0.15) is 12.1 Å². The molecule has 0 bridgehead atoms. The van der Waals surface area contributed by atoms with Crippen molar-refractivity contribution in [3.8, 4) is 0 Å². The number of carbonyl (C=O) groups excluding carboxylic acids is 4. The topological polar surface area (TPSA) is 105 Å². The van der Waals surface area contributed by atoms with E-state index in [0.717, 1.165) is 23.3 Å². The summed E-state index contributed by atoms with van der Waals surface area (Å²) in [7, 11) is 0. The van der Waals surface area contributed by atoms with Crippen LogP contribution in [0, 0.1) is 5.92 Å². The van der Waals surface area contributed by atoms with Crippen molar-refractivity contribution in [3.63, 3.8) is 0 Å². The highest BCUT2D eigenvalue weighted by Gasteiger charge is 2.56. The SMILES string of the molecule is CC(C)c1ccc(NC(=O)[C@H](C)OC(=O)CN2C(=O)N[C@](C)(C3CC3)C2=O)cc1. The Morgan fingerprint density at radius 1 is 1.21 bits per heavy atom. The summed E-state index contributed by atoms with van der Waals surface area (Å²) < 4.78 is 5.12. The Morgan fingerprint density at radius 2 is 1.83 bits per heavy atom. The molecule has 156 valence electrons. The van der Waals surface area contributed by atoms with Gasteiger partial charge in [0, 0.05) is 5.69 Å². The number of nitrogens with one attached hydrogen (secondary N) is 2. The Morgan fingerprint density at radius 3 is 2.38 bits per heavy atom. The van der Waals surface area contributed by atoms with Crippen LogP contribution in [0.1, 0.15) is 52.0 Å². The van der Waals surface area contributed by atoms with Crippen LogP contribution >= 0.6 is 0 Å². The molecule has 0 aromatic heterocycles. The lowest BCUT2D eigenvalue weighted by atomic mass is 9.96. The van der Waals surface area contributed by atoms with E-state index in [1.807, 2.05) is 12.1 Å². The standard InChI is InChI=1S/C21H27N3O5/c1-12(2)14-5-9-16(10-6-14)22-18(26)13(3)29-17(25)11-24-19(27)21(4,15-7-8-15)23-20(24)28/h5-6,9-10,12-13,15H,7-8,11H2,1-4H3,(H,22,26)(H,23,28)/t13-,21+/m0/s1. The Balaban J connectivity index is 1.52. The molecule has 1 heterocycles. The van der Waals surface area contributed by atoms with E-state index >= 15 is 0 Å². The maximum atomic E-state index is 12.5. The van der Waals surface area contributed by atoms with Crippen LogP contribution < -0.4 is 10.6 Å². The number of ether oxygens (including phenoxy) is 1. The number of esters is 1. The van der Waals surface area contributed by atoms with Crippen molar-refractivity contribution >= 4 is 29.5 Å². The van der Waals surface area contributed by atoms with E-state index in [-0.39, 0.29) is 5.92 Å². The van der Waals surface area contributed by atoms with Crippen LogP contribution in [-0.2, 0) is 19.1 Å². The van der Waals surface area contributed by atoms with Gasteiger partial charge in [-0.05, 0) is 56.2 Å². The van der Waals surface area contributed by atoms with Crippen molar-refractivity contribution in [2.24, 2.45) is 5.92 Å². The van der Waals surface area contributed by atoms with Crippen molar-refractivity contribution in [1.82, 2.24) is 10.2 Å². The fraction of sp³-hybridized carbons (Fsp3) is 0.524. The third-order valence-corrected chi connectivity index (χ3v) is 5.50. The molecule has 1 aliphatic heterocycles. The van der Waals surface area contributed by atoms with Crippen LogP contribution in [0.3, 0.4) is 0 Å². The monoisotopic (exact) mass is 401 g/mol. The Hall–Kier alpha value is -2.90. The molecule has 0 unspecified atom stereocenters. The average Bonchev–Trinajstić information content (AvgIpc) is 3.48. The second-order valence-electron chi connectivity index (χ2n) is 8.20. The van der Waals surface area contributed by atoms with Gasteiger partial charge < -0.3 is 15.4 Å². The quantitative estimate of drug-likeness (QED) is 0.539. The lowest BCUT2D eigenvalue weighted by molar-refractivity contribution is -0.155. The van der Waals surface area contributed by atoms with Crippen LogP contribution in [-0.4, -0.2) is 46.9 Å². The molecule has 3 rings (SSSR count). The Kier molecular flexibility index (Phi) is 5.64. The molecule has 2 fully saturated rings. The Bertz CT molecular complexity index is 831. The molecule has 29 heavy (non-hydrogen) atoms. The zero-order valence-electron chi connectivity index (χ0n) is 17.2. The molecular formula is C21H27N3O5. The van der Waals surface area contributed by atoms with Gasteiger partial charge in [-0.3, -0.25) is 19.3 Å². The summed E-state index contributed by atoms with van der Waals surface area (Å²) in [4.78, 5) is 50.0. The number of urea groups is 1. The van der Waals surface area contributed by atoms with Gasteiger partial charge in [-0.2, -0.15) is 0 Å². The molecule has 1 saturated carbocycles. The first-order valence-corrected chi connectivity index (χ1v) is 9.86. The first-order valence-electron chi connectivity index (χ1n) is 9.86. The highest BCUT2D eigenvalue weighted by molar-refractivity contribution is 6.09. The molecule has 8 nitrogen and oxygen atoms in total. The first-order chi connectivity index (χ1) is 13.6. The molecule has 1 aliphatic carbocycles. The van der Waals surface area contributed by atoms with E-state index in [9.17, 15) is 19.2 Å². The second-order valence-corrected chi connectivity index (χ2v) is 8.20. The molecule has 2 N–H and O–H groups in total. The number of hydrogen-bond acceptors (Lipinski definition) is 5. The molecule has 4 amide bonds. The molecule has 0 spiro atoms. The van der Waals surface area contributed by atoms with E-state index in [4.69, 9.17) is 4.74 Å². The van der Waals surface area contributed by atoms with Gasteiger partial charge in [0.05, 0.1) is 0 Å². The van der Waals surface area contributed by atoms with Crippen LogP contribution in [0.4, 0.5) is 10.5 Å². The number of amides is 4. The third-order valence-electron chi connectivity index (χ3n) is 5.50. The van der Waals surface area contributed by atoms with Gasteiger partial charge in [0.15, 0.2) is 6.10 Å². The maximum absolute atomic E-state index is 12.5. The lowest BCUT2D eigenvalue weighted by Crippen LogP contribution is -2.46. The largest absolute Gasteiger partial charge is 0.451 e. The number of nitrogens with zero attached hydrogens (tertiary/aromatic N) is 1. The number of benzene rings is 1. The predicted molar refractivity (Wildman–Crippen MR) is 106 cm³/mol. The highest BCUT2D eigenvalue weighted by Crippen LogP contribution is 2.42. The van der Waals surface area contributed by atoms with Crippen molar-refractivity contribution in [1.29, 1.82) is 0 Å². The summed E-state index contributed by atoms with van der Waals surface area (Å²) in [6, 6.07) is 6.81. The normalized spacial score (nSPS) is 22.4. The maximum Gasteiger partial charge on any atom is 0.327 e. The first kappa shape index (κ1) is 20.8. The second kappa shape index (κ2) is 7.85. The molecule has 8 heteroatoms. The van der Waals surface area contributed by atoms with Crippen LogP contribution in [0.15, 0.2) is 24.3 Å². The average molecular weight is 401 g/mol. The molecule has 1 saturated heterocycles. The molecule has 1 aromatic rings. The summed E-state index contributed by atoms with van der Waals surface area (Å²) in [5.41, 5.74) is 0.786. The minimum atomic E-state index is -1.07. The van der Waals surface area contributed by atoms with Gasteiger partial charge in [0.25, 0.3) is 11.8 Å². The van der Waals surface area contributed by atoms with Crippen molar-refractivity contribution in [2.75, 3.05) is 11.9 Å². The summed E-state index contributed by atoms with van der Waals surface area (Å²) in [6.45, 7) is 6.75. The van der Waals surface area contributed by atoms with Gasteiger partial charge in [-0.15, -0.1) is 0 Å². The molecule has 0 radical (unpaired) electrons. The van der Waals surface area contributed by atoms with E-state index in [2.05, 4.69) is 24.5 Å². The molecule has 2 aliphatic rings. The number of rotatable bonds is 7. The van der Waals surface area contributed by atoms with Gasteiger partial charge in [-0.25, -0.2) is 4.79 Å². The summed E-state index contributed by atoms with van der Waals surface area (Å²) >= 11 is 0. The Labute approximate surface area is 170 Å². The predicted octanol–water partition coefficient (Wildman–Crippen LogP) is 2.40. The van der Waals surface area contributed by atoms with Crippen molar-refractivity contribution < 1.29 is 23.9 Å². The van der Waals surface area contributed by atoms with E-state index < -0.39 is 42.0 Å². The highest BCUT2D eigenvalue weighted by atomic mass is 16.5. The summed E-state index contributed by atoms with van der Waals surface area (Å²) in [5.74, 6) is -1.25. The fourth-order valence-corrected chi connectivity index (χ4v) is 3.41. The smallest absolute Gasteiger partial charge is 0.327 e. The number of anilines is 1. The zero-order valence-corrected chi connectivity index (χ0v) is 17.2. The molecule has 1 aromatic carbocycles. The van der Waals surface area contributed by atoms with Gasteiger partial charge >= 0.3 is 12.0 Å². The minimum absolute atomic E-state index is 0.103. The van der Waals surface area contributed by atoms with E-state index in [1.165, 1.54) is 6.92 Å². The van der Waals surface area contributed by atoms with Crippen molar-refractivity contribution in [3.05, 3.63) is 29.8 Å². The van der Waals surface area contributed by atoms with Crippen molar-refractivity contribution in [2.45, 2.75) is 58.1 Å². The zero-order chi connectivity index (χ0) is 21.3. The van der Waals surface area contributed by atoms with Gasteiger partial charge in [-0.1, -0.05) is 26.0 Å². The number of imide groups is 1. The molecule has 2 atom stereocenters. The number of carbonyl (C=O) groups is 4. The fourth-order valence-electron chi connectivity index (χ4n) is 3.41.